The van der Waals surface area contributed by atoms with E-state index in [-0.39, 0.29) is 23.1 Å². The van der Waals surface area contributed by atoms with Gasteiger partial charge in [-0.3, -0.25) is 4.90 Å². The second-order valence-corrected chi connectivity index (χ2v) is 9.98. The highest BCUT2D eigenvalue weighted by Gasteiger charge is 2.55. The molecule has 192 valence electrons. The topological polar surface area (TPSA) is 63.2 Å². The molecule has 2 aromatic heterocycles. The van der Waals surface area contributed by atoms with E-state index in [1.165, 1.54) is 13.0 Å². The lowest BCUT2D eigenvalue weighted by Gasteiger charge is -2.36. The Balaban J connectivity index is 1.57. The maximum Gasteiger partial charge on any atom is 0.248 e. The number of anilines is 1. The van der Waals surface area contributed by atoms with E-state index in [2.05, 4.69) is 25.2 Å². The molecule has 0 amide bonds. The minimum Gasteiger partial charge on any atom is -0.471 e. The van der Waals surface area contributed by atoms with Gasteiger partial charge in [-0.15, -0.1) is 0 Å². The first-order valence-corrected chi connectivity index (χ1v) is 12.1. The van der Waals surface area contributed by atoms with Crippen LogP contribution in [0.3, 0.4) is 0 Å². The summed E-state index contributed by atoms with van der Waals surface area (Å²) in [6.45, 7) is 6.09. The minimum atomic E-state index is -2.57. The van der Waals surface area contributed by atoms with Crippen molar-refractivity contribution in [3.05, 3.63) is 52.6 Å². The SMILES string of the molecule is Cc1nc(N[C@H](C)c2cccc(C(C)F)c2F)c2cc(C3(C(F)F)CC3)c(OC3CN(C)C3)nc2n1. The number of likely N-dealkylation sites (N-methyl/N-ethyl adjacent to an activating group) is 1. The van der Waals surface area contributed by atoms with Gasteiger partial charge in [-0.2, -0.15) is 4.98 Å². The Morgan fingerprint density at radius 2 is 1.78 bits per heavy atom. The van der Waals surface area contributed by atoms with Crippen molar-refractivity contribution in [3.8, 4) is 5.88 Å². The van der Waals surface area contributed by atoms with Gasteiger partial charge in [0.15, 0.2) is 5.65 Å². The Kier molecular flexibility index (Phi) is 6.26. The molecule has 6 nitrogen and oxygen atoms in total. The van der Waals surface area contributed by atoms with Crippen LogP contribution < -0.4 is 10.1 Å². The number of aryl methyl sites for hydroxylation is 1. The van der Waals surface area contributed by atoms with Crippen LogP contribution in [-0.4, -0.2) is 52.5 Å². The Morgan fingerprint density at radius 1 is 1.08 bits per heavy atom. The second kappa shape index (κ2) is 9.14. The van der Waals surface area contributed by atoms with Crippen LogP contribution in [0.2, 0.25) is 0 Å². The number of benzene rings is 1. The van der Waals surface area contributed by atoms with Gasteiger partial charge in [0.05, 0.1) is 16.8 Å². The van der Waals surface area contributed by atoms with Gasteiger partial charge in [0.25, 0.3) is 0 Å². The number of alkyl halides is 3. The molecule has 1 aliphatic carbocycles. The number of halogens is 4. The molecule has 0 bridgehead atoms. The molecule has 1 aromatic carbocycles. The molecule has 1 N–H and O–H groups in total. The fraction of sp³-hybridized carbons (Fsp3) is 0.500. The maximum absolute atomic E-state index is 15.0. The second-order valence-electron chi connectivity index (χ2n) is 9.98. The van der Waals surface area contributed by atoms with Crippen molar-refractivity contribution in [1.82, 2.24) is 19.9 Å². The molecule has 10 heteroatoms. The largest absolute Gasteiger partial charge is 0.471 e. The Morgan fingerprint density at radius 3 is 2.39 bits per heavy atom. The summed E-state index contributed by atoms with van der Waals surface area (Å²) in [6, 6.07) is 5.65. The summed E-state index contributed by atoms with van der Waals surface area (Å²) in [5, 5.41) is 3.62. The van der Waals surface area contributed by atoms with Crippen LogP contribution in [0.15, 0.2) is 24.3 Å². The molecule has 1 saturated heterocycles. The Bertz CT molecular complexity index is 1290. The van der Waals surface area contributed by atoms with Crippen molar-refractivity contribution in [3.63, 3.8) is 0 Å². The predicted octanol–water partition coefficient (Wildman–Crippen LogP) is 5.67. The normalized spacial score (nSPS) is 19.2. The van der Waals surface area contributed by atoms with Gasteiger partial charge >= 0.3 is 0 Å². The van der Waals surface area contributed by atoms with Crippen LogP contribution in [-0.2, 0) is 5.41 Å². The van der Waals surface area contributed by atoms with Crippen molar-refractivity contribution in [2.75, 3.05) is 25.5 Å². The summed E-state index contributed by atoms with van der Waals surface area (Å²) in [4.78, 5) is 15.5. The van der Waals surface area contributed by atoms with E-state index in [4.69, 9.17) is 4.74 Å². The zero-order valence-electron chi connectivity index (χ0n) is 20.7. The minimum absolute atomic E-state index is 0.0233. The quantitative estimate of drug-likeness (QED) is 0.400. The van der Waals surface area contributed by atoms with Gasteiger partial charge in [-0.05, 0) is 46.7 Å². The van der Waals surface area contributed by atoms with E-state index in [1.54, 1.807) is 32.0 Å². The van der Waals surface area contributed by atoms with E-state index in [0.29, 0.717) is 54.2 Å². The molecule has 5 rings (SSSR count). The number of ether oxygens (including phenoxy) is 1. The molecule has 2 fully saturated rings. The van der Waals surface area contributed by atoms with Crippen LogP contribution in [0.25, 0.3) is 11.0 Å². The zero-order chi connectivity index (χ0) is 25.8. The summed E-state index contributed by atoms with van der Waals surface area (Å²) in [5.41, 5.74) is -0.403. The number of nitrogens with one attached hydrogen (secondary N) is 1. The van der Waals surface area contributed by atoms with Gasteiger partial charge in [0.1, 0.15) is 29.7 Å². The van der Waals surface area contributed by atoms with Crippen molar-refractivity contribution in [2.24, 2.45) is 0 Å². The van der Waals surface area contributed by atoms with Crippen LogP contribution in [0.4, 0.5) is 23.4 Å². The monoisotopic (exact) mass is 503 g/mol. The van der Waals surface area contributed by atoms with Crippen LogP contribution in [0.1, 0.15) is 61.4 Å². The third kappa shape index (κ3) is 4.36. The molecule has 1 aliphatic heterocycles. The highest BCUT2D eigenvalue weighted by atomic mass is 19.3. The summed E-state index contributed by atoms with van der Waals surface area (Å²) >= 11 is 0. The molecule has 3 heterocycles. The number of nitrogens with zero attached hydrogens (tertiary/aromatic N) is 4. The lowest BCUT2D eigenvalue weighted by atomic mass is 9.96. The number of hydrogen-bond acceptors (Lipinski definition) is 6. The number of fused-ring (bicyclic) bond motifs is 1. The van der Waals surface area contributed by atoms with Crippen LogP contribution >= 0.6 is 0 Å². The summed E-state index contributed by atoms with van der Waals surface area (Å²) < 4.78 is 63.3. The first kappa shape index (κ1) is 24.7. The summed E-state index contributed by atoms with van der Waals surface area (Å²) in [6.07, 6.45) is -3.47. The van der Waals surface area contributed by atoms with Gasteiger partial charge in [-0.25, -0.2) is 27.5 Å². The van der Waals surface area contributed by atoms with Crippen molar-refractivity contribution >= 4 is 16.9 Å². The standard InChI is InChI=1S/C26H29F4N5O/c1-13(27)17-6-5-7-18(21(17)28)14(2)31-22-19-10-20(26(8-9-26)25(29)30)24(36-16-11-35(4)12-16)34-23(19)33-15(3)32-22/h5-7,10,13-14,16,25H,8-9,11-12H2,1-4H3,(H,31,32,33,34)/t13?,14-/m1/s1. The average Bonchev–Trinajstić information content (AvgIpc) is 3.59. The number of rotatable bonds is 8. The van der Waals surface area contributed by atoms with Gasteiger partial charge < -0.3 is 10.1 Å². The number of pyridine rings is 1. The first-order valence-electron chi connectivity index (χ1n) is 12.1. The van der Waals surface area contributed by atoms with E-state index in [0.717, 1.165) is 0 Å². The lowest BCUT2D eigenvalue weighted by molar-refractivity contribution is 0.0323. The van der Waals surface area contributed by atoms with E-state index >= 15 is 0 Å². The smallest absolute Gasteiger partial charge is 0.248 e. The Hall–Kier alpha value is -3.01. The molecule has 3 aromatic rings. The fourth-order valence-corrected chi connectivity index (χ4v) is 4.81. The van der Waals surface area contributed by atoms with Gasteiger partial charge in [0.2, 0.25) is 12.3 Å². The van der Waals surface area contributed by atoms with Gasteiger partial charge in [-0.1, -0.05) is 18.2 Å². The van der Waals surface area contributed by atoms with Gasteiger partial charge in [0, 0.05) is 29.8 Å². The summed E-state index contributed by atoms with van der Waals surface area (Å²) in [5.74, 6) is 0.314. The molecule has 36 heavy (non-hydrogen) atoms. The molecule has 2 aliphatic rings. The third-order valence-corrected chi connectivity index (χ3v) is 7.12. The lowest BCUT2D eigenvalue weighted by Crippen LogP contribution is -2.51. The molecule has 1 saturated carbocycles. The molecule has 0 spiro atoms. The van der Waals surface area contributed by atoms with E-state index in [1.807, 2.05) is 7.05 Å². The fourth-order valence-electron chi connectivity index (χ4n) is 4.81. The molecule has 1 unspecified atom stereocenters. The van der Waals surface area contributed by atoms with Crippen molar-refractivity contribution < 1.29 is 22.3 Å². The maximum atomic E-state index is 15.0. The summed E-state index contributed by atoms with van der Waals surface area (Å²) in [7, 11) is 1.96. The van der Waals surface area contributed by atoms with Crippen molar-refractivity contribution in [1.29, 1.82) is 0 Å². The number of hydrogen-bond donors (Lipinski definition) is 1. The van der Waals surface area contributed by atoms with Crippen molar-refractivity contribution in [2.45, 2.75) is 63.8 Å². The highest BCUT2D eigenvalue weighted by molar-refractivity contribution is 5.88. The van der Waals surface area contributed by atoms with E-state index in [9.17, 15) is 17.6 Å². The molecule has 0 radical (unpaired) electrons. The van der Waals surface area contributed by atoms with Crippen LogP contribution in [0, 0.1) is 12.7 Å². The average molecular weight is 504 g/mol. The van der Waals surface area contributed by atoms with E-state index < -0.39 is 29.9 Å². The number of likely N-dealkylation sites (tertiary alicyclic amines) is 1. The number of aromatic nitrogens is 3. The predicted molar refractivity (Wildman–Crippen MR) is 129 cm³/mol. The first-order chi connectivity index (χ1) is 17.1. The molecular weight excluding hydrogens is 474 g/mol. The zero-order valence-corrected chi connectivity index (χ0v) is 20.7. The third-order valence-electron chi connectivity index (χ3n) is 7.12. The van der Waals surface area contributed by atoms with Crippen LogP contribution in [0.5, 0.6) is 5.88 Å². The molecular formula is C26H29F4N5O. The molecule has 2 atom stereocenters. The highest BCUT2D eigenvalue weighted by Crippen LogP contribution is 2.55. The Labute approximate surface area is 207 Å².